The van der Waals surface area contributed by atoms with Crippen LogP contribution < -0.4 is 26.6 Å². The van der Waals surface area contributed by atoms with Crippen LogP contribution in [-0.4, -0.2) is 127 Å². The van der Waals surface area contributed by atoms with Gasteiger partial charge < -0.3 is 41.3 Å². The summed E-state index contributed by atoms with van der Waals surface area (Å²) in [4.78, 5) is 82.1. The number of alkyl carbamates (subject to hydrolysis) is 1. The molecule has 2 fully saturated rings. The predicted octanol–water partition coefficient (Wildman–Crippen LogP) is 3.19. The number of rotatable bonds is 20. The van der Waals surface area contributed by atoms with Crippen LogP contribution in [0.25, 0.3) is 0 Å². The Hall–Kier alpha value is -5.23. The molecule has 0 saturated carbocycles. The Labute approximate surface area is 365 Å². The molecule has 0 aliphatic carbocycles. The summed E-state index contributed by atoms with van der Waals surface area (Å²) in [6, 6.07) is 13.3. The van der Waals surface area contributed by atoms with E-state index in [-0.39, 0.29) is 49.5 Å². The topological polar surface area (TPSA) is 233 Å². The Morgan fingerprint density at radius 3 is 1.71 bits per heavy atom. The molecular formula is C44H65N7O10S. The van der Waals surface area contributed by atoms with Gasteiger partial charge in [-0.05, 0) is 76.3 Å². The van der Waals surface area contributed by atoms with Crippen molar-refractivity contribution in [1.29, 1.82) is 0 Å². The lowest BCUT2D eigenvalue weighted by Crippen LogP contribution is -2.63. The zero-order valence-electron chi connectivity index (χ0n) is 36.8. The van der Waals surface area contributed by atoms with Gasteiger partial charge in [0.15, 0.2) is 0 Å². The van der Waals surface area contributed by atoms with E-state index in [1.807, 2.05) is 19.9 Å². The van der Waals surface area contributed by atoms with Crippen molar-refractivity contribution in [3.63, 3.8) is 0 Å². The molecule has 2 aliphatic heterocycles. The number of hydrogen-bond acceptors (Lipinski definition) is 9. The summed E-state index contributed by atoms with van der Waals surface area (Å²) in [5.41, 5.74) is 0.548. The Morgan fingerprint density at radius 1 is 0.742 bits per heavy atom. The Bertz CT molecular complexity index is 1940. The first-order valence-electron chi connectivity index (χ1n) is 21.3. The van der Waals surface area contributed by atoms with E-state index in [9.17, 15) is 42.3 Å². The minimum absolute atomic E-state index is 0.0284. The maximum atomic E-state index is 14.3. The number of nitrogens with zero attached hydrogens (tertiary/aromatic N) is 2. The van der Waals surface area contributed by atoms with Crippen LogP contribution in [0.2, 0.25) is 0 Å². The molecule has 342 valence electrons. The fraction of sp³-hybridized carbons (Fsp3) is 0.591. The molecule has 4 rings (SSSR count). The van der Waals surface area contributed by atoms with Crippen LogP contribution in [0.3, 0.4) is 0 Å². The third-order valence-corrected chi connectivity index (χ3v) is 12.2. The Balaban J connectivity index is 1.50. The van der Waals surface area contributed by atoms with Crippen LogP contribution >= 0.6 is 0 Å². The molecule has 2 aliphatic rings. The molecule has 18 heteroatoms. The normalized spacial score (nSPS) is 17.1. The quantitative estimate of drug-likeness (QED) is 0.106. The van der Waals surface area contributed by atoms with Gasteiger partial charge in [0.2, 0.25) is 33.7 Å². The third-order valence-electron chi connectivity index (χ3n) is 11.0. The lowest BCUT2D eigenvalue weighted by Gasteiger charge is -2.53. The van der Waals surface area contributed by atoms with Gasteiger partial charge in [-0.15, -0.1) is 0 Å². The van der Waals surface area contributed by atoms with E-state index in [1.54, 1.807) is 80.3 Å². The van der Waals surface area contributed by atoms with E-state index in [0.717, 1.165) is 0 Å². The van der Waals surface area contributed by atoms with Gasteiger partial charge >= 0.3 is 12.2 Å². The van der Waals surface area contributed by atoms with Crippen LogP contribution in [0.1, 0.15) is 84.3 Å². The highest BCUT2D eigenvalue weighted by Crippen LogP contribution is 2.41. The second kappa shape index (κ2) is 22.2. The van der Waals surface area contributed by atoms with Gasteiger partial charge in [-0.1, -0.05) is 74.5 Å². The lowest BCUT2D eigenvalue weighted by molar-refractivity contribution is -0.140. The number of carbonyl (C=O) groups excluding carboxylic acids is 5. The molecule has 6 N–H and O–H groups in total. The molecule has 4 atom stereocenters. The number of piperidine rings is 1. The van der Waals surface area contributed by atoms with Crippen molar-refractivity contribution in [2.24, 2.45) is 11.3 Å². The summed E-state index contributed by atoms with van der Waals surface area (Å²) in [5.74, 6) is -2.36. The summed E-state index contributed by atoms with van der Waals surface area (Å²) in [6.07, 6.45) is 1.87. The van der Waals surface area contributed by atoms with Gasteiger partial charge in [0.05, 0.1) is 6.26 Å². The number of nitrogens with one attached hydrogen (secondary N) is 5. The second-order valence-electron chi connectivity index (χ2n) is 18.0. The molecule has 0 radical (unpaired) electrons. The number of carbonyl (C=O) groups is 6. The summed E-state index contributed by atoms with van der Waals surface area (Å²) in [7, 11) is -3.30. The van der Waals surface area contributed by atoms with Crippen molar-refractivity contribution in [2.45, 2.75) is 116 Å². The smallest absolute Gasteiger partial charge is 0.407 e. The largest absolute Gasteiger partial charge is 0.465 e. The molecule has 6 amide bonds. The van der Waals surface area contributed by atoms with Crippen molar-refractivity contribution in [3.8, 4) is 0 Å². The van der Waals surface area contributed by atoms with Crippen molar-refractivity contribution in [1.82, 2.24) is 35.8 Å². The molecule has 1 spiro atoms. The van der Waals surface area contributed by atoms with Gasteiger partial charge in [0.1, 0.15) is 29.8 Å². The van der Waals surface area contributed by atoms with E-state index in [2.05, 4.69) is 26.6 Å². The summed E-state index contributed by atoms with van der Waals surface area (Å²) in [5, 5.41) is 23.0. The van der Waals surface area contributed by atoms with Crippen molar-refractivity contribution in [2.75, 3.05) is 39.0 Å². The van der Waals surface area contributed by atoms with E-state index >= 15 is 0 Å². The highest BCUT2D eigenvalue weighted by atomic mass is 32.2. The number of likely N-dealkylation sites (tertiary alicyclic amines) is 1. The van der Waals surface area contributed by atoms with E-state index in [1.165, 1.54) is 10.6 Å². The van der Waals surface area contributed by atoms with Crippen molar-refractivity contribution >= 4 is 45.8 Å². The maximum Gasteiger partial charge on any atom is 0.407 e. The molecule has 2 aromatic carbocycles. The number of benzene rings is 2. The van der Waals surface area contributed by atoms with Gasteiger partial charge in [0.25, 0.3) is 0 Å². The molecule has 0 bridgehead atoms. The maximum absolute atomic E-state index is 14.3. The average Bonchev–Trinajstić information content (AvgIpc) is 3.17. The minimum atomic E-state index is -3.30. The molecule has 62 heavy (non-hydrogen) atoms. The highest BCUT2D eigenvalue weighted by Gasteiger charge is 2.49. The molecule has 17 nitrogen and oxygen atoms in total. The van der Waals surface area contributed by atoms with E-state index in [0.29, 0.717) is 63.0 Å². The number of amides is 6. The van der Waals surface area contributed by atoms with Crippen molar-refractivity contribution < 1.29 is 47.0 Å². The minimum Gasteiger partial charge on any atom is -0.465 e. The molecule has 2 aromatic rings. The zero-order chi connectivity index (χ0) is 45.7. The average molecular weight is 884 g/mol. The first-order chi connectivity index (χ1) is 29.1. The fourth-order valence-electron chi connectivity index (χ4n) is 7.70. The summed E-state index contributed by atoms with van der Waals surface area (Å²) in [6.45, 7) is 10.9. The SMILES string of the molecule is CC(C)C[C@@H](NC(=O)[C@@H](Cc1ccccc1)NC(=O)[C@@H](Cc1ccccc1)NC(=O)O)C(=O)N[C@H](CCCCNC(=O)OC(C)(C)C)C(=O)N1CCC2(CC1)CN(S(C)(=O)=O)C2. The number of hydrogen-bond donors (Lipinski definition) is 6. The van der Waals surface area contributed by atoms with Crippen LogP contribution in [0.15, 0.2) is 60.7 Å². The highest BCUT2D eigenvalue weighted by molar-refractivity contribution is 7.88. The van der Waals surface area contributed by atoms with Gasteiger partial charge in [0, 0.05) is 51.0 Å². The Morgan fingerprint density at radius 2 is 1.23 bits per heavy atom. The van der Waals surface area contributed by atoms with Gasteiger partial charge in [-0.2, -0.15) is 0 Å². The van der Waals surface area contributed by atoms with E-state index in [4.69, 9.17) is 4.74 Å². The molecule has 2 heterocycles. The van der Waals surface area contributed by atoms with Crippen LogP contribution in [-0.2, 0) is 46.8 Å². The van der Waals surface area contributed by atoms with Crippen molar-refractivity contribution in [3.05, 3.63) is 71.8 Å². The molecule has 0 unspecified atom stereocenters. The van der Waals surface area contributed by atoms with Crippen LogP contribution in [0.5, 0.6) is 0 Å². The number of carboxylic acid groups (broad SMARTS) is 1. The summed E-state index contributed by atoms with van der Waals surface area (Å²) < 4.78 is 30.9. The second-order valence-corrected chi connectivity index (χ2v) is 20.0. The van der Waals surface area contributed by atoms with E-state index < -0.39 is 69.7 Å². The number of unbranched alkanes of at least 4 members (excludes halogenated alkanes) is 1. The first kappa shape index (κ1) is 49.4. The Kier molecular flexibility index (Phi) is 17.7. The lowest BCUT2D eigenvalue weighted by atomic mass is 9.73. The third kappa shape index (κ3) is 15.9. The van der Waals surface area contributed by atoms with Gasteiger partial charge in [-0.25, -0.2) is 22.3 Å². The monoisotopic (exact) mass is 883 g/mol. The molecular weight excluding hydrogens is 819 g/mol. The predicted molar refractivity (Wildman–Crippen MR) is 233 cm³/mol. The zero-order valence-corrected chi connectivity index (χ0v) is 37.6. The number of sulfonamides is 1. The van der Waals surface area contributed by atoms with Crippen LogP contribution in [0.4, 0.5) is 9.59 Å². The standard InChI is InChI=1S/C44H65N7O10S/c1-30(2)25-34(47-38(53)35(26-31-15-9-7-10-16-31)48-39(54)36(49-41(56)57)27-32-17-11-8-12-18-32)37(52)46-33(19-13-14-22-45-42(58)61-43(3,4)5)40(55)50-23-20-44(21-24-50)28-51(29-44)62(6,59)60/h7-12,15-18,30,33-36,49H,13-14,19-29H2,1-6H3,(H,45,58)(H,46,52)(H,47,53)(H,48,54)(H,56,57)/t33-,34-,35-,36-/m1/s1. The molecule has 2 saturated heterocycles. The van der Waals surface area contributed by atoms with Gasteiger partial charge in [-0.3, -0.25) is 19.2 Å². The summed E-state index contributed by atoms with van der Waals surface area (Å²) >= 11 is 0. The fourth-order valence-corrected chi connectivity index (χ4v) is 8.71. The first-order valence-corrected chi connectivity index (χ1v) is 23.2. The van der Waals surface area contributed by atoms with Crippen LogP contribution in [0, 0.1) is 11.3 Å². The number of ether oxygens (including phenoxy) is 1. The molecule has 0 aromatic heterocycles.